The molecule has 3 N–H and O–H groups in total. The fraction of sp³-hybridized carbons (Fsp3) is 0.462. The second-order valence-electron chi connectivity index (χ2n) is 4.58. The second-order valence-corrected chi connectivity index (χ2v) is 4.99. The fourth-order valence-corrected chi connectivity index (χ4v) is 2.12. The highest BCUT2D eigenvalue weighted by molar-refractivity contribution is 6.32. The predicted molar refractivity (Wildman–Crippen MR) is 70.7 cm³/mol. The molecule has 1 unspecified atom stereocenters. The zero-order valence-corrected chi connectivity index (χ0v) is 11.0. The minimum Gasteiger partial charge on any atom is -0.495 e. The van der Waals surface area contributed by atoms with Crippen LogP contribution in [0.4, 0.5) is 0 Å². The molecule has 0 aliphatic heterocycles. The van der Waals surface area contributed by atoms with Crippen LogP contribution in [-0.4, -0.2) is 19.6 Å². The van der Waals surface area contributed by atoms with Gasteiger partial charge in [0, 0.05) is 0 Å². The number of carbonyl (C=O) groups excluding carboxylic acids is 1. The lowest BCUT2D eigenvalue weighted by Crippen LogP contribution is -2.34. The summed E-state index contributed by atoms with van der Waals surface area (Å²) < 4.78 is 5.08. The van der Waals surface area contributed by atoms with Crippen molar-refractivity contribution in [3.63, 3.8) is 0 Å². The molecule has 0 bridgehead atoms. The summed E-state index contributed by atoms with van der Waals surface area (Å²) >= 11 is 6.05. The molecule has 5 heteroatoms. The summed E-state index contributed by atoms with van der Waals surface area (Å²) in [5.74, 6) is 0.878. The standard InChI is InChI=1S/C13H17ClN2O2/c1-18-11-5-4-9(6-10(11)14)12(13(15)17)16-7-8-2-3-8/h4-6,8,12,16H,2-3,7H2,1H3,(H2,15,17). The molecule has 1 aromatic rings. The molecule has 18 heavy (non-hydrogen) atoms. The van der Waals surface area contributed by atoms with Crippen molar-refractivity contribution in [2.45, 2.75) is 18.9 Å². The highest BCUT2D eigenvalue weighted by Gasteiger charge is 2.25. The molecule has 1 aliphatic carbocycles. The van der Waals surface area contributed by atoms with E-state index in [1.807, 2.05) is 0 Å². The first-order valence-corrected chi connectivity index (χ1v) is 6.35. The summed E-state index contributed by atoms with van der Waals surface area (Å²) in [7, 11) is 1.55. The smallest absolute Gasteiger partial charge is 0.239 e. The number of benzene rings is 1. The van der Waals surface area contributed by atoms with Crippen molar-refractivity contribution in [2.24, 2.45) is 11.7 Å². The van der Waals surface area contributed by atoms with Crippen LogP contribution in [-0.2, 0) is 4.79 Å². The van der Waals surface area contributed by atoms with Gasteiger partial charge < -0.3 is 15.8 Å². The lowest BCUT2D eigenvalue weighted by molar-refractivity contribution is -0.120. The molecular weight excluding hydrogens is 252 g/mol. The van der Waals surface area contributed by atoms with Gasteiger partial charge in [-0.05, 0) is 43.0 Å². The topological polar surface area (TPSA) is 64.3 Å². The highest BCUT2D eigenvalue weighted by atomic mass is 35.5. The summed E-state index contributed by atoms with van der Waals surface area (Å²) in [4.78, 5) is 11.5. The maximum atomic E-state index is 11.5. The third kappa shape index (κ3) is 3.15. The number of rotatable bonds is 6. The molecule has 1 fully saturated rings. The minimum absolute atomic E-state index is 0.392. The summed E-state index contributed by atoms with van der Waals surface area (Å²) in [5.41, 5.74) is 6.19. The van der Waals surface area contributed by atoms with Crippen LogP contribution in [0.5, 0.6) is 5.75 Å². The Hall–Kier alpha value is -1.26. The molecule has 1 aromatic carbocycles. The van der Waals surface area contributed by atoms with Gasteiger partial charge in [0.25, 0.3) is 0 Å². The molecule has 1 atom stereocenters. The van der Waals surface area contributed by atoms with Gasteiger partial charge in [-0.2, -0.15) is 0 Å². The van der Waals surface area contributed by atoms with Crippen molar-refractivity contribution >= 4 is 17.5 Å². The molecule has 2 rings (SSSR count). The first kappa shape index (κ1) is 13.2. The number of hydrogen-bond donors (Lipinski definition) is 2. The van der Waals surface area contributed by atoms with Gasteiger partial charge in [-0.3, -0.25) is 4.79 Å². The minimum atomic E-state index is -0.492. The average molecular weight is 269 g/mol. The number of methoxy groups -OCH3 is 1. The van der Waals surface area contributed by atoms with Crippen LogP contribution < -0.4 is 15.8 Å². The SMILES string of the molecule is COc1ccc(C(NCC2CC2)C(N)=O)cc1Cl. The van der Waals surface area contributed by atoms with Gasteiger partial charge in [0.1, 0.15) is 11.8 Å². The maximum Gasteiger partial charge on any atom is 0.239 e. The molecule has 1 aliphatic rings. The molecule has 0 saturated heterocycles. The lowest BCUT2D eigenvalue weighted by Gasteiger charge is -2.16. The van der Waals surface area contributed by atoms with Crippen molar-refractivity contribution in [3.8, 4) is 5.75 Å². The van der Waals surface area contributed by atoms with Crippen LogP contribution in [0.25, 0.3) is 0 Å². The van der Waals surface area contributed by atoms with Crippen LogP contribution in [0.1, 0.15) is 24.4 Å². The Morgan fingerprint density at radius 2 is 2.33 bits per heavy atom. The van der Waals surface area contributed by atoms with Gasteiger partial charge in [-0.25, -0.2) is 0 Å². The molecule has 0 spiro atoms. The van der Waals surface area contributed by atoms with Crippen molar-refractivity contribution in [2.75, 3.05) is 13.7 Å². The van der Waals surface area contributed by atoms with E-state index in [9.17, 15) is 4.79 Å². The Labute approximate surface area is 111 Å². The van der Waals surface area contributed by atoms with E-state index >= 15 is 0 Å². The van der Waals surface area contributed by atoms with E-state index in [-0.39, 0.29) is 0 Å². The van der Waals surface area contributed by atoms with Gasteiger partial charge in [-0.15, -0.1) is 0 Å². The molecule has 0 radical (unpaired) electrons. The van der Waals surface area contributed by atoms with Gasteiger partial charge in [0.05, 0.1) is 12.1 Å². The van der Waals surface area contributed by atoms with E-state index in [1.165, 1.54) is 12.8 Å². The van der Waals surface area contributed by atoms with Crippen LogP contribution >= 0.6 is 11.6 Å². The van der Waals surface area contributed by atoms with E-state index in [0.717, 1.165) is 12.1 Å². The Bertz CT molecular complexity index is 447. The van der Waals surface area contributed by atoms with Gasteiger partial charge >= 0.3 is 0 Å². The number of ether oxygens (including phenoxy) is 1. The van der Waals surface area contributed by atoms with Crippen LogP contribution in [0.3, 0.4) is 0 Å². The van der Waals surface area contributed by atoms with Crippen LogP contribution in [0, 0.1) is 5.92 Å². The van der Waals surface area contributed by atoms with Gasteiger partial charge in [0.2, 0.25) is 5.91 Å². The monoisotopic (exact) mass is 268 g/mol. The number of halogens is 1. The van der Waals surface area contributed by atoms with Crippen LogP contribution in [0.15, 0.2) is 18.2 Å². The molecule has 4 nitrogen and oxygen atoms in total. The Kier molecular flexibility index (Phi) is 4.09. The van der Waals surface area contributed by atoms with Gasteiger partial charge in [-0.1, -0.05) is 17.7 Å². The van der Waals surface area contributed by atoms with Crippen LogP contribution in [0.2, 0.25) is 5.02 Å². The number of hydrogen-bond acceptors (Lipinski definition) is 3. The quantitative estimate of drug-likeness (QED) is 0.828. The molecule has 98 valence electrons. The number of nitrogens with two attached hydrogens (primary N) is 1. The Morgan fingerprint density at radius 1 is 1.61 bits per heavy atom. The zero-order chi connectivity index (χ0) is 13.1. The molecule has 0 heterocycles. The molecule has 1 saturated carbocycles. The number of carbonyl (C=O) groups is 1. The van der Waals surface area contributed by atoms with Crippen molar-refractivity contribution in [1.29, 1.82) is 0 Å². The molecule has 0 aromatic heterocycles. The molecule has 1 amide bonds. The van der Waals surface area contributed by atoms with E-state index < -0.39 is 11.9 Å². The highest BCUT2D eigenvalue weighted by Crippen LogP contribution is 2.30. The van der Waals surface area contributed by atoms with E-state index in [1.54, 1.807) is 25.3 Å². The maximum absolute atomic E-state index is 11.5. The Morgan fingerprint density at radius 3 is 2.83 bits per heavy atom. The normalized spacial score (nSPS) is 16.3. The first-order chi connectivity index (χ1) is 8.61. The van der Waals surface area contributed by atoms with E-state index in [0.29, 0.717) is 16.7 Å². The van der Waals surface area contributed by atoms with Crippen molar-refractivity contribution < 1.29 is 9.53 Å². The first-order valence-electron chi connectivity index (χ1n) is 5.98. The summed E-state index contributed by atoms with van der Waals surface area (Å²) in [6, 6.07) is 4.77. The molecular formula is C13H17ClN2O2. The lowest BCUT2D eigenvalue weighted by atomic mass is 10.1. The average Bonchev–Trinajstić information content (AvgIpc) is 3.13. The van der Waals surface area contributed by atoms with Gasteiger partial charge in [0.15, 0.2) is 0 Å². The zero-order valence-electron chi connectivity index (χ0n) is 10.3. The summed E-state index contributed by atoms with van der Waals surface area (Å²) in [5, 5.41) is 3.67. The largest absolute Gasteiger partial charge is 0.495 e. The van der Waals surface area contributed by atoms with Crippen molar-refractivity contribution in [1.82, 2.24) is 5.32 Å². The number of amides is 1. The fourth-order valence-electron chi connectivity index (χ4n) is 1.85. The summed E-state index contributed by atoms with van der Waals surface area (Å²) in [6.45, 7) is 0.817. The van der Waals surface area contributed by atoms with E-state index in [2.05, 4.69) is 5.32 Å². The van der Waals surface area contributed by atoms with Crippen molar-refractivity contribution in [3.05, 3.63) is 28.8 Å². The van der Waals surface area contributed by atoms with E-state index in [4.69, 9.17) is 22.1 Å². The number of primary amides is 1. The second kappa shape index (κ2) is 5.59. The number of nitrogens with one attached hydrogen (secondary N) is 1. The summed E-state index contributed by atoms with van der Waals surface area (Å²) in [6.07, 6.45) is 2.45. The Balaban J connectivity index is 2.13. The third-order valence-electron chi connectivity index (χ3n) is 3.10. The third-order valence-corrected chi connectivity index (χ3v) is 3.40. The predicted octanol–water partition coefficient (Wildman–Crippen LogP) is 1.87.